The van der Waals surface area contributed by atoms with Crippen LogP contribution in [0.4, 0.5) is 5.95 Å². The number of likely N-dealkylation sites (tertiary alicyclic amines) is 1. The van der Waals surface area contributed by atoms with Crippen molar-refractivity contribution in [2.24, 2.45) is 0 Å². The average Bonchev–Trinajstić information content (AvgIpc) is 3.32. The molecule has 4 heterocycles. The van der Waals surface area contributed by atoms with E-state index >= 15 is 0 Å². The fraction of sp³-hybridized carbons (Fsp3) is 0.429. The molecule has 1 fully saturated rings. The first-order chi connectivity index (χ1) is 18.4. The van der Waals surface area contributed by atoms with Gasteiger partial charge in [-0.05, 0) is 44.5 Å². The van der Waals surface area contributed by atoms with Gasteiger partial charge in [-0.25, -0.2) is 9.97 Å². The molecular formula is C28H35N7O3. The van der Waals surface area contributed by atoms with E-state index in [0.29, 0.717) is 25.6 Å². The summed E-state index contributed by atoms with van der Waals surface area (Å²) in [7, 11) is 1.68. The van der Waals surface area contributed by atoms with Crippen molar-refractivity contribution < 1.29 is 14.6 Å². The molecule has 200 valence electrons. The van der Waals surface area contributed by atoms with E-state index < -0.39 is 5.60 Å². The van der Waals surface area contributed by atoms with Crippen molar-refractivity contribution in [1.82, 2.24) is 29.6 Å². The van der Waals surface area contributed by atoms with Crippen LogP contribution >= 0.6 is 0 Å². The molecule has 1 atom stereocenters. The highest BCUT2D eigenvalue weighted by Crippen LogP contribution is 2.30. The monoisotopic (exact) mass is 517 g/mol. The molecule has 38 heavy (non-hydrogen) atoms. The van der Waals surface area contributed by atoms with Gasteiger partial charge in [0.1, 0.15) is 5.69 Å². The molecule has 0 aromatic carbocycles. The summed E-state index contributed by atoms with van der Waals surface area (Å²) in [5.74, 6) is 0.515. The molecule has 1 unspecified atom stereocenters. The molecule has 5 rings (SSSR count). The number of hydrogen-bond donors (Lipinski definition) is 2. The van der Waals surface area contributed by atoms with Gasteiger partial charge in [0.15, 0.2) is 0 Å². The van der Waals surface area contributed by atoms with E-state index in [1.807, 2.05) is 49.0 Å². The maximum atomic E-state index is 9.96. The normalized spacial score (nSPS) is 18.3. The molecule has 1 aliphatic heterocycles. The second kappa shape index (κ2) is 11.5. The number of aliphatic hydroxyl groups is 1. The summed E-state index contributed by atoms with van der Waals surface area (Å²) in [5.41, 5.74) is 3.66. The molecule has 1 saturated heterocycles. The number of nitrogens with zero attached hydrogens (tertiary/aromatic N) is 6. The lowest BCUT2D eigenvalue weighted by atomic mass is 10.0. The minimum Gasteiger partial charge on any atom is -0.389 e. The SMILES string of the molecule is COCCn1cc(-c2ccnc(NC3=CCC(OC4CN(CC(C)(C)O)C4)C=C3)n2)c(-c2cccnc2)n1. The van der Waals surface area contributed by atoms with Crippen LogP contribution in [0.5, 0.6) is 0 Å². The maximum absolute atomic E-state index is 9.96. The molecule has 0 spiro atoms. The number of methoxy groups -OCH3 is 1. The van der Waals surface area contributed by atoms with Gasteiger partial charge in [-0.1, -0.05) is 12.2 Å². The third-order valence-corrected chi connectivity index (χ3v) is 6.37. The number of pyridine rings is 1. The molecule has 0 saturated carbocycles. The fourth-order valence-electron chi connectivity index (χ4n) is 4.65. The highest BCUT2D eigenvalue weighted by atomic mass is 16.5. The third kappa shape index (κ3) is 6.70. The Labute approximate surface area is 223 Å². The fourth-order valence-corrected chi connectivity index (χ4v) is 4.65. The van der Waals surface area contributed by atoms with Crippen LogP contribution in [0.3, 0.4) is 0 Å². The lowest BCUT2D eigenvalue weighted by Crippen LogP contribution is -2.56. The Bertz CT molecular complexity index is 1280. The first-order valence-corrected chi connectivity index (χ1v) is 12.9. The van der Waals surface area contributed by atoms with E-state index in [0.717, 1.165) is 47.7 Å². The van der Waals surface area contributed by atoms with E-state index in [-0.39, 0.29) is 12.2 Å². The Kier molecular flexibility index (Phi) is 7.94. The van der Waals surface area contributed by atoms with Crippen LogP contribution < -0.4 is 5.32 Å². The molecule has 1 aliphatic carbocycles. The molecular weight excluding hydrogens is 482 g/mol. The van der Waals surface area contributed by atoms with Gasteiger partial charge in [0.2, 0.25) is 5.95 Å². The van der Waals surface area contributed by atoms with Crippen LogP contribution in [0.15, 0.2) is 66.9 Å². The standard InChI is InChI=1S/C28H35N7O3/c1-28(2,36)19-34-16-23(17-34)38-22-8-6-21(7-9-22)31-27-30-12-10-25(32-27)24-18-35(13-14-37-3)33-26(24)20-5-4-11-29-15-20/h4-8,10-12,15,18,22-23,36H,9,13-14,16-17,19H2,1-3H3,(H,30,31,32). The van der Waals surface area contributed by atoms with Gasteiger partial charge in [-0.15, -0.1) is 0 Å². The lowest BCUT2D eigenvalue weighted by Gasteiger charge is -2.42. The first kappa shape index (κ1) is 26.2. The third-order valence-electron chi connectivity index (χ3n) is 6.37. The highest BCUT2D eigenvalue weighted by molar-refractivity contribution is 5.78. The number of ether oxygens (including phenoxy) is 2. The van der Waals surface area contributed by atoms with Crippen LogP contribution in [0, 0.1) is 0 Å². The smallest absolute Gasteiger partial charge is 0.227 e. The van der Waals surface area contributed by atoms with Gasteiger partial charge in [-0.3, -0.25) is 14.6 Å². The predicted molar refractivity (Wildman–Crippen MR) is 145 cm³/mol. The van der Waals surface area contributed by atoms with Crippen LogP contribution in [0.2, 0.25) is 0 Å². The second-order valence-electron chi connectivity index (χ2n) is 10.3. The van der Waals surface area contributed by atoms with Crippen molar-refractivity contribution in [3.8, 4) is 22.5 Å². The van der Waals surface area contributed by atoms with Crippen LogP contribution in [-0.4, -0.2) is 85.9 Å². The molecule has 2 N–H and O–H groups in total. The van der Waals surface area contributed by atoms with Crippen LogP contribution in [-0.2, 0) is 16.0 Å². The van der Waals surface area contributed by atoms with Gasteiger partial charge in [0.25, 0.3) is 0 Å². The molecule has 10 nitrogen and oxygen atoms in total. The molecule has 3 aromatic rings. The summed E-state index contributed by atoms with van der Waals surface area (Å²) >= 11 is 0. The summed E-state index contributed by atoms with van der Waals surface area (Å²) in [4.78, 5) is 15.7. The van der Waals surface area contributed by atoms with Crippen molar-refractivity contribution in [3.63, 3.8) is 0 Å². The Hall–Kier alpha value is -3.44. The summed E-state index contributed by atoms with van der Waals surface area (Å²) in [6, 6.07) is 5.78. The van der Waals surface area contributed by atoms with Gasteiger partial charge in [0.05, 0.1) is 36.7 Å². The summed E-state index contributed by atoms with van der Waals surface area (Å²) in [6.45, 7) is 7.24. The number of β-amino-alcohol motifs (C(OH)–C–C–N with tert-alkyl or cyclic N) is 1. The molecule has 0 amide bonds. The molecule has 3 aromatic heterocycles. The van der Waals surface area contributed by atoms with E-state index in [1.165, 1.54) is 0 Å². The quantitative estimate of drug-likeness (QED) is 0.396. The number of anilines is 1. The van der Waals surface area contributed by atoms with Gasteiger partial charge >= 0.3 is 0 Å². The number of allylic oxidation sites excluding steroid dienone is 1. The van der Waals surface area contributed by atoms with Gasteiger partial charge in [-0.2, -0.15) is 5.10 Å². The van der Waals surface area contributed by atoms with Gasteiger partial charge < -0.3 is 19.9 Å². The molecule has 10 heteroatoms. The Morgan fingerprint density at radius 1 is 1.21 bits per heavy atom. The van der Waals surface area contributed by atoms with Crippen molar-refractivity contribution in [2.75, 3.05) is 38.7 Å². The predicted octanol–water partition coefficient (Wildman–Crippen LogP) is 3.14. The largest absolute Gasteiger partial charge is 0.389 e. The van der Waals surface area contributed by atoms with Crippen LogP contribution in [0.1, 0.15) is 20.3 Å². The number of nitrogens with one attached hydrogen (secondary N) is 1. The van der Waals surface area contributed by atoms with E-state index in [2.05, 4.69) is 32.3 Å². The molecule has 0 radical (unpaired) electrons. The number of aromatic nitrogens is 5. The zero-order valence-corrected chi connectivity index (χ0v) is 22.1. The number of hydrogen-bond acceptors (Lipinski definition) is 9. The lowest BCUT2D eigenvalue weighted by molar-refractivity contribution is -0.0967. The minimum atomic E-state index is -0.677. The Morgan fingerprint density at radius 3 is 2.79 bits per heavy atom. The van der Waals surface area contributed by atoms with E-state index in [9.17, 15) is 5.11 Å². The Balaban J connectivity index is 1.22. The Morgan fingerprint density at radius 2 is 2.08 bits per heavy atom. The summed E-state index contributed by atoms with van der Waals surface area (Å²) < 4.78 is 13.3. The van der Waals surface area contributed by atoms with Crippen molar-refractivity contribution in [3.05, 3.63) is 66.9 Å². The van der Waals surface area contributed by atoms with Crippen molar-refractivity contribution in [2.45, 2.75) is 44.6 Å². The number of rotatable bonds is 11. The molecule has 2 aliphatic rings. The van der Waals surface area contributed by atoms with E-state index in [4.69, 9.17) is 19.6 Å². The van der Waals surface area contributed by atoms with Crippen molar-refractivity contribution >= 4 is 5.95 Å². The van der Waals surface area contributed by atoms with Crippen molar-refractivity contribution in [1.29, 1.82) is 0 Å². The highest BCUT2D eigenvalue weighted by Gasteiger charge is 2.32. The minimum absolute atomic E-state index is 0.0436. The first-order valence-electron chi connectivity index (χ1n) is 12.9. The van der Waals surface area contributed by atoms with Crippen LogP contribution in [0.25, 0.3) is 22.5 Å². The summed E-state index contributed by atoms with van der Waals surface area (Å²) in [6.07, 6.45) is 14.5. The average molecular weight is 518 g/mol. The summed E-state index contributed by atoms with van der Waals surface area (Å²) in [5, 5.41) is 18.1. The maximum Gasteiger partial charge on any atom is 0.227 e. The second-order valence-corrected chi connectivity index (χ2v) is 10.3. The topological polar surface area (TPSA) is 110 Å². The van der Waals surface area contributed by atoms with Gasteiger partial charge in [0, 0.05) is 68.4 Å². The zero-order chi connectivity index (χ0) is 26.5. The van der Waals surface area contributed by atoms with E-state index in [1.54, 1.807) is 25.7 Å². The zero-order valence-electron chi connectivity index (χ0n) is 22.1. The molecule has 0 bridgehead atoms.